The first kappa shape index (κ1) is 13.7. The summed E-state index contributed by atoms with van der Waals surface area (Å²) in [4.78, 5) is 11.9. The quantitative estimate of drug-likeness (QED) is 0.388. The number of hydrogen-bond donors (Lipinski definition) is 4. The van der Waals surface area contributed by atoms with Crippen molar-refractivity contribution in [3.63, 3.8) is 0 Å². The van der Waals surface area contributed by atoms with E-state index in [0.29, 0.717) is 11.8 Å². The number of carbonyl (C=O) groups excluding carboxylic acids is 1. The highest BCUT2D eigenvalue weighted by atomic mass is 16.3. The second-order valence-electron chi connectivity index (χ2n) is 5.92. The maximum Gasteiger partial charge on any atom is 0.271 e. The number of carbonyl (C=O) groups is 1. The lowest BCUT2D eigenvalue weighted by molar-refractivity contribution is 0.0954. The maximum absolute atomic E-state index is 11.9. The number of aromatic hydroxyl groups is 3. The van der Waals surface area contributed by atoms with Gasteiger partial charge in [-0.15, -0.1) is 0 Å². The van der Waals surface area contributed by atoms with Gasteiger partial charge in [0.1, 0.15) is 0 Å². The molecule has 1 amide bonds. The van der Waals surface area contributed by atoms with E-state index in [1.165, 1.54) is 19.3 Å². The van der Waals surface area contributed by atoms with Gasteiger partial charge < -0.3 is 15.3 Å². The fourth-order valence-corrected chi connectivity index (χ4v) is 3.47. The van der Waals surface area contributed by atoms with Crippen LogP contribution in [-0.4, -0.2) is 27.4 Å². The highest BCUT2D eigenvalue weighted by Crippen LogP contribution is 2.47. The van der Waals surface area contributed by atoms with Gasteiger partial charge in [0, 0.05) is 11.8 Å². The molecule has 1 aromatic rings. The predicted molar refractivity (Wildman–Crippen MR) is 76.3 cm³/mol. The fourth-order valence-electron chi connectivity index (χ4n) is 3.47. The molecule has 2 saturated carbocycles. The molecule has 2 bridgehead atoms. The summed E-state index contributed by atoms with van der Waals surface area (Å²) >= 11 is 0. The second kappa shape index (κ2) is 5.27. The Balaban J connectivity index is 1.61. The Bertz CT molecular complexity index is 576. The van der Waals surface area contributed by atoms with Crippen LogP contribution in [0.15, 0.2) is 17.2 Å². The van der Waals surface area contributed by atoms with Crippen LogP contribution >= 0.6 is 0 Å². The lowest BCUT2D eigenvalue weighted by Gasteiger charge is -2.16. The second-order valence-corrected chi connectivity index (χ2v) is 5.92. The molecule has 3 atom stereocenters. The van der Waals surface area contributed by atoms with Gasteiger partial charge in [0.25, 0.3) is 5.91 Å². The number of hydrogen-bond acceptors (Lipinski definition) is 5. The molecule has 4 N–H and O–H groups in total. The first-order valence-electron chi connectivity index (χ1n) is 7.13. The summed E-state index contributed by atoms with van der Waals surface area (Å²) in [5, 5.41) is 32.0. The number of fused-ring (bicyclic) bond motifs is 2. The van der Waals surface area contributed by atoms with Crippen molar-refractivity contribution in [1.82, 2.24) is 5.43 Å². The molecule has 112 valence electrons. The predicted octanol–water partition coefficient (Wildman–Crippen LogP) is 1.96. The van der Waals surface area contributed by atoms with Crippen LogP contribution in [0.4, 0.5) is 0 Å². The number of amides is 1. The van der Waals surface area contributed by atoms with Gasteiger partial charge >= 0.3 is 0 Å². The zero-order valence-corrected chi connectivity index (χ0v) is 11.5. The molecule has 0 aliphatic heterocycles. The smallest absolute Gasteiger partial charge is 0.271 e. The number of phenolic OH excluding ortho intramolecular Hbond substituents is 3. The average molecular weight is 290 g/mol. The lowest BCUT2D eigenvalue weighted by Crippen LogP contribution is -2.20. The molecule has 21 heavy (non-hydrogen) atoms. The largest absolute Gasteiger partial charge is 0.504 e. The number of nitrogens with zero attached hydrogens (tertiary/aromatic N) is 1. The zero-order chi connectivity index (χ0) is 15.0. The van der Waals surface area contributed by atoms with Crippen molar-refractivity contribution in [2.45, 2.75) is 25.7 Å². The third kappa shape index (κ3) is 2.66. The van der Waals surface area contributed by atoms with Gasteiger partial charge in [0.05, 0.1) is 0 Å². The van der Waals surface area contributed by atoms with E-state index < -0.39 is 23.2 Å². The summed E-state index contributed by atoms with van der Waals surface area (Å²) in [6.07, 6.45) is 6.76. The molecule has 1 aromatic carbocycles. The van der Waals surface area contributed by atoms with Crippen molar-refractivity contribution in [1.29, 1.82) is 0 Å². The number of nitrogens with one attached hydrogen (secondary N) is 1. The highest BCUT2D eigenvalue weighted by molar-refractivity contribution is 5.95. The number of hydrazone groups is 1. The van der Waals surface area contributed by atoms with Crippen LogP contribution in [0.5, 0.6) is 17.2 Å². The molecule has 0 heterocycles. The van der Waals surface area contributed by atoms with Crippen molar-refractivity contribution in [2.24, 2.45) is 22.9 Å². The Morgan fingerprint density at radius 3 is 2.48 bits per heavy atom. The molecule has 2 aliphatic rings. The molecule has 0 unspecified atom stereocenters. The normalized spacial score (nSPS) is 27.3. The van der Waals surface area contributed by atoms with Gasteiger partial charge in [-0.25, -0.2) is 5.43 Å². The van der Waals surface area contributed by atoms with Gasteiger partial charge in [-0.05, 0) is 49.1 Å². The fraction of sp³-hybridized carbons (Fsp3) is 0.467. The summed E-state index contributed by atoms with van der Waals surface area (Å²) in [5.74, 6) is -0.331. The first-order chi connectivity index (χ1) is 10.0. The van der Waals surface area contributed by atoms with Crippen LogP contribution in [0.2, 0.25) is 0 Å². The van der Waals surface area contributed by atoms with E-state index in [4.69, 9.17) is 0 Å². The minimum Gasteiger partial charge on any atom is -0.504 e. The van der Waals surface area contributed by atoms with Gasteiger partial charge in [-0.2, -0.15) is 5.10 Å². The molecular formula is C15H18N2O4. The van der Waals surface area contributed by atoms with Crippen molar-refractivity contribution >= 4 is 12.1 Å². The van der Waals surface area contributed by atoms with Gasteiger partial charge in [0.2, 0.25) is 0 Å². The molecule has 2 fully saturated rings. The molecular weight excluding hydrogens is 272 g/mol. The van der Waals surface area contributed by atoms with E-state index in [0.717, 1.165) is 24.5 Å². The zero-order valence-electron chi connectivity index (χ0n) is 11.5. The first-order valence-corrected chi connectivity index (χ1v) is 7.13. The van der Waals surface area contributed by atoms with E-state index in [1.807, 2.05) is 0 Å². The SMILES string of the molecule is O=C(N/N=C\[C@@H]1C[C@H]2CC[C@H]1C2)c1cc(O)c(O)c(O)c1. The van der Waals surface area contributed by atoms with Crippen LogP contribution in [0.3, 0.4) is 0 Å². The summed E-state index contributed by atoms with van der Waals surface area (Å²) < 4.78 is 0. The van der Waals surface area contributed by atoms with Crippen molar-refractivity contribution < 1.29 is 20.1 Å². The van der Waals surface area contributed by atoms with E-state index in [-0.39, 0.29) is 5.56 Å². The summed E-state index contributed by atoms with van der Waals surface area (Å²) in [5.41, 5.74) is 2.42. The monoisotopic (exact) mass is 290 g/mol. The Morgan fingerprint density at radius 1 is 1.19 bits per heavy atom. The van der Waals surface area contributed by atoms with E-state index in [1.54, 1.807) is 6.21 Å². The number of phenols is 3. The van der Waals surface area contributed by atoms with Crippen LogP contribution in [0, 0.1) is 17.8 Å². The van der Waals surface area contributed by atoms with Crippen molar-refractivity contribution in [3.8, 4) is 17.2 Å². The Hall–Kier alpha value is -2.24. The minimum atomic E-state index is -0.642. The lowest BCUT2D eigenvalue weighted by atomic mass is 9.90. The van der Waals surface area contributed by atoms with Crippen molar-refractivity contribution in [2.75, 3.05) is 0 Å². The van der Waals surface area contributed by atoms with Gasteiger partial charge in [-0.3, -0.25) is 4.79 Å². The minimum absolute atomic E-state index is 0.0351. The Kier molecular flexibility index (Phi) is 3.45. The number of rotatable bonds is 3. The van der Waals surface area contributed by atoms with Gasteiger partial charge in [0.15, 0.2) is 17.2 Å². The molecule has 2 aliphatic carbocycles. The molecule has 6 nitrogen and oxygen atoms in total. The molecule has 6 heteroatoms. The summed E-state index contributed by atoms with van der Waals surface area (Å²) in [6.45, 7) is 0. The third-order valence-electron chi connectivity index (χ3n) is 4.56. The molecule has 3 rings (SSSR count). The molecule has 0 radical (unpaired) electrons. The van der Waals surface area contributed by atoms with Crippen LogP contribution < -0.4 is 5.43 Å². The number of benzene rings is 1. The third-order valence-corrected chi connectivity index (χ3v) is 4.56. The van der Waals surface area contributed by atoms with Crippen LogP contribution in [-0.2, 0) is 0 Å². The summed E-state index contributed by atoms with van der Waals surface area (Å²) in [6, 6.07) is 2.16. The van der Waals surface area contributed by atoms with Gasteiger partial charge in [-0.1, -0.05) is 6.42 Å². The van der Waals surface area contributed by atoms with E-state index in [9.17, 15) is 20.1 Å². The summed E-state index contributed by atoms with van der Waals surface area (Å²) in [7, 11) is 0. The van der Waals surface area contributed by atoms with E-state index in [2.05, 4.69) is 10.5 Å². The molecule has 0 aromatic heterocycles. The topological polar surface area (TPSA) is 102 Å². The Morgan fingerprint density at radius 2 is 1.90 bits per heavy atom. The molecule has 0 saturated heterocycles. The van der Waals surface area contributed by atoms with Crippen molar-refractivity contribution in [3.05, 3.63) is 17.7 Å². The molecule has 0 spiro atoms. The maximum atomic E-state index is 11.9. The van der Waals surface area contributed by atoms with Crippen LogP contribution in [0.25, 0.3) is 0 Å². The average Bonchev–Trinajstić information content (AvgIpc) is 3.06. The Labute approximate surface area is 122 Å². The highest BCUT2D eigenvalue weighted by Gasteiger charge is 2.38. The van der Waals surface area contributed by atoms with E-state index >= 15 is 0 Å². The standard InChI is InChI=1S/C15H18N2O4/c18-12-5-10(6-13(19)14(12)20)15(21)17-16-7-11-4-8-1-2-9(11)3-8/h5-9,11,18-20H,1-4H2,(H,17,21)/b16-7-/t8-,9-,11-/m0/s1. The van der Waals surface area contributed by atoms with Crippen LogP contribution in [0.1, 0.15) is 36.0 Å².